The number of morpholine rings is 1. The monoisotopic (exact) mass is 289 g/mol. The number of quaternary nitrogens is 1. The van der Waals surface area contributed by atoms with Gasteiger partial charge in [-0.05, 0) is 24.6 Å². The first-order valence-corrected chi connectivity index (χ1v) is 7.37. The zero-order chi connectivity index (χ0) is 14.7. The molecule has 0 atom stereocenters. The molecule has 0 bridgehead atoms. The molecule has 0 aromatic carbocycles. The van der Waals surface area contributed by atoms with Gasteiger partial charge in [-0.25, -0.2) is 4.98 Å². The zero-order valence-corrected chi connectivity index (χ0v) is 12.3. The van der Waals surface area contributed by atoms with Crippen LogP contribution in [0.15, 0.2) is 24.5 Å². The van der Waals surface area contributed by atoms with Gasteiger partial charge in [0.25, 0.3) is 5.91 Å². The number of aromatic nitrogens is 2. The third-order valence-electron chi connectivity index (χ3n) is 3.81. The van der Waals surface area contributed by atoms with E-state index in [9.17, 15) is 4.79 Å². The molecule has 0 unspecified atom stereocenters. The molecule has 6 nitrogen and oxygen atoms in total. The van der Waals surface area contributed by atoms with Crippen LogP contribution in [0.25, 0.3) is 5.65 Å². The quantitative estimate of drug-likeness (QED) is 0.781. The van der Waals surface area contributed by atoms with E-state index >= 15 is 0 Å². The number of pyridine rings is 1. The first-order chi connectivity index (χ1) is 10.2. The Morgan fingerprint density at radius 1 is 1.48 bits per heavy atom. The van der Waals surface area contributed by atoms with E-state index in [1.807, 2.05) is 29.7 Å². The number of ether oxygens (including phenoxy) is 1. The maximum Gasteiger partial charge on any atom is 0.271 e. The van der Waals surface area contributed by atoms with Crippen molar-refractivity contribution in [1.29, 1.82) is 0 Å². The summed E-state index contributed by atoms with van der Waals surface area (Å²) in [5.74, 6) is -0.107. The van der Waals surface area contributed by atoms with Crippen LogP contribution in [0.4, 0.5) is 0 Å². The van der Waals surface area contributed by atoms with Crippen LogP contribution in [0.2, 0.25) is 0 Å². The predicted molar refractivity (Wildman–Crippen MR) is 78.6 cm³/mol. The molecule has 1 amide bonds. The highest BCUT2D eigenvalue weighted by molar-refractivity contribution is 5.92. The van der Waals surface area contributed by atoms with Gasteiger partial charge in [-0.15, -0.1) is 0 Å². The Morgan fingerprint density at radius 3 is 3.10 bits per heavy atom. The van der Waals surface area contributed by atoms with Gasteiger partial charge in [0.15, 0.2) is 0 Å². The summed E-state index contributed by atoms with van der Waals surface area (Å²) in [7, 11) is 0. The molecule has 0 saturated carbocycles. The molecule has 1 saturated heterocycles. The Hall–Kier alpha value is -1.92. The molecule has 1 fully saturated rings. The molecule has 21 heavy (non-hydrogen) atoms. The Labute approximate surface area is 123 Å². The SMILES string of the molecule is Cc1ccn2cc(C(=O)NCC[NH+]3CCOCC3)nc2c1. The molecule has 0 radical (unpaired) electrons. The standard InChI is InChI=1S/C15H20N4O2/c1-12-2-4-19-11-13(17-14(19)10-12)15(20)16-3-5-18-6-8-21-9-7-18/h2,4,10-11H,3,5-9H2,1H3,(H,16,20)/p+1. The summed E-state index contributed by atoms with van der Waals surface area (Å²) in [5, 5.41) is 2.95. The summed E-state index contributed by atoms with van der Waals surface area (Å²) >= 11 is 0. The summed E-state index contributed by atoms with van der Waals surface area (Å²) in [5.41, 5.74) is 2.41. The van der Waals surface area contributed by atoms with Crippen molar-refractivity contribution in [1.82, 2.24) is 14.7 Å². The first kappa shape index (κ1) is 14.0. The van der Waals surface area contributed by atoms with Gasteiger partial charge >= 0.3 is 0 Å². The van der Waals surface area contributed by atoms with E-state index in [4.69, 9.17) is 4.74 Å². The van der Waals surface area contributed by atoms with Crippen LogP contribution in [-0.2, 0) is 4.74 Å². The molecule has 2 N–H and O–H groups in total. The number of aryl methyl sites for hydroxylation is 1. The van der Waals surface area contributed by atoms with Crippen LogP contribution in [0.1, 0.15) is 16.1 Å². The second-order valence-electron chi connectivity index (χ2n) is 5.46. The number of fused-ring (bicyclic) bond motifs is 1. The average molecular weight is 289 g/mol. The average Bonchev–Trinajstić information content (AvgIpc) is 2.91. The Bertz CT molecular complexity index is 632. The maximum atomic E-state index is 12.1. The van der Waals surface area contributed by atoms with Crippen molar-refractivity contribution in [3.8, 4) is 0 Å². The molecular formula is C15H21N4O2+. The van der Waals surface area contributed by atoms with Crippen LogP contribution in [-0.4, -0.2) is 54.7 Å². The largest absolute Gasteiger partial charge is 0.370 e. The molecule has 1 aliphatic rings. The highest BCUT2D eigenvalue weighted by Gasteiger charge is 2.15. The van der Waals surface area contributed by atoms with E-state index in [2.05, 4.69) is 10.3 Å². The van der Waals surface area contributed by atoms with Gasteiger partial charge < -0.3 is 19.4 Å². The summed E-state index contributed by atoms with van der Waals surface area (Å²) < 4.78 is 7.19. The third-order valence-corrected chi connectivity index (χ3v) is 3.81. The van der Waals surface area contributed by atoms with Gasteiger partial charge in [-0.2, -0.15) is 0 Å². The fraction of sp³-hybridized carbons (Fsp3) is 0.467. The minimum atomic E-state index is -0.107. The normalized spacial score (nSPS) is 16.2. The summed E-state index contributed by atoms with van der Waals surface area (Å²) in [4.78, 5) is 18.0. The number of amides is 1. The van der Waals surface area contributed by atoms with Crippen molar-refractivity contribution in [3.63, 3.8) is 0 Å². The minimum Gasteiger partial charge on any atom is -0.370 e. The minimum absolute atomic E-state index is 0.107. The van der Waals surface area contributed by atoms with Crippen molar-refractivity contribution >= 4 is 11.6 Å². The lowest BCUT2D eigenvalue weighted by Gasteiger charge is -2.23. The van der Waals surface area contributed by atoms with Crippen molar-refractivity contribution in [2.45, 2.75) is 6.92 Å². The molecule has 2 aromatic heterocycles. The summed E-state index contributed by atoms with van der Waals surface area (Å²) in [6, 6.07) is 3.97. The topological polar surface area (TPSA) is 60.1 Å². The Morgan fingerprint density at radius 2 is 2.29 bits per heavy atom. The number of nitrogens with one attached hydrogen (secondary N) is 2. The van der Waals surface area contributed by atoms with Crippen LogP contribution >= 0.6 is 0 Å². The smallest absolute Gasteiger partial charge is 0.271 e. The first-order valence-electron chi connectivity index (χ1n) is 7.37. The molecule has 0 aliphatic carbocycles. The molecule has 6 heteroatoms. The molecule has 3 heterocycles. The summed E-state index contributed by atoms with van der Waals surface area (Å²) in [6.45, 7) is 7.28. The highest BCUT2D eigenvalue weighted by atomic mass is 16.5. The van der Waals surface area contributed by atoms with E-state index in [-0.39, 0.29) is 5.91 Å². The Balaban J connectivity index is 1.56. The fourth-order valence-electron chi connectivity index (χ4n) is 2.55. The van der Waals surface area contributed by atoms with E-state index in [0.717, 1.165) is 44.1 Å². The van der Waals surface area contributed by atoms with Crippen molar-refractivity contribution in [2.75, 3.05) is 39.4 Å². The number of carbonyl (C=O) groups excluding carboxylic acids is 1. The van der Waals surface area contributed by atoms with Crippen LogP contribution < -0.4 is 10.2 Å². The molecule has 3 rings (SSSR count). The maximum absolute atomic E-state index is 12.1. The van der Waals surface area contributed by atoms with Gasteiger partial charge in [0.1, 0.15) is 24.4 Å². The molecule has 1 aliphatic heterocycles. The number of carbonyl (C=O) groups is 1. The third kappa shape index (κ3) is 3.40. The second-order valence-corrected chi connectivity index (χ2v) is 5.46. The lowest BCUT2D eigenvalue weighted by molar-refractivity contribution is -0.906. The van der Waals surface area contributed by atoms with Crippen LogP contribution in [0.3, 0.4) is 0 Å². The van der Waals surface area contributed by atoms with E-state index in [0.29, 0.717) is 12.2 Å². The number of rotatable bonds is 4. The number of imidazole rings is 1. The van der Waals surface area contributed by atoms with Gasteiger partial charge in [-0.1, -0.05) is 0 Å². The van der Waals surface area contributed by atoms with Crippen molar-refractivity contribution in [2.24, 2.45) is 0 Å². The zero-order valence-electron chi connectivity index (χ0n) is 12.3. The van der Waals surface area contributed by atoms with Gasteiger partial charge in [-0.3, -0.25) is 4.79 Å². The highest BCUT2D eigenvalue weighted by Crippen LogP contribution is 2.07. The van der Waals surface area contributed by atoms with E-state index in [1.165, 1.54) is 4.90 Å². The van der Waals surface area contributed by atoms with Crippen LogP contribution in [0.5, 0.6) is 0 Å². The second kappa shape index (κ2) is 6.24. The fourth-order valence-corrected chi connectivity index (χ4v) is 2.55. The molecule has 2 aromatic rings. The lowest BCUT2D eigenvalue weighted by Crippen LogP contribution is -3.14. The van der Waals surface area contributed by atoms with E-state index < -0.39 is 0 Å². The van der Waals surface area contributed by atoms with Crippen molar-refractivity contribution < 1.29 is 14.4 Å². The predicted octanol–water partition coefficient (Wildman–Crippen LogP) is -0.712. The van der Waals surface area contributed by atoms with Gasteiger partial charge in [0.05, 0.1) is 26.3 Å². The summed E-state index contributed by atoms with van der Waals surface area (Å²) in [6.07, 6.45) is 3.69. The molecular weight excluding hydrogens is 268 g/mol. The molecule has 0 spiro atoms. The molecule has 112 valence electrons. The number of hydrogen-bond acceptors (Lipinski definition) is 3. The van der Waals surface area contributed by atoms with Crippen LogP contribution in [0, 0.1) is 6.92 Å². The van der Waals surface area contributed by atoms with Crippen molar-refractivity contribution in [3.05, 3.63) is 35.8 Å². The lowest BCUT2D eigenvalue weighted by atomic mass is 10.3. The van der Waals surface area contributed by atoms with Gasteiger partial charge in [0.2, 0.25) is 0 Å². The number of nitrogens with zero attached hydrogens (tertiary/aromatic N) is 2. The number of hydrogen-bond donors (Lipinski definition) is 2. The van der Waals surface area contributed by atoms with E-state index in [1.54, 1.807) is 6.20 Å². The Kier molecular flexibility index (Phi) is 4.17. The van der Waals surface area contributed by atoms with Gasteiger partial charge in [0, 0.05) is 12.4 Å².